The Labute approximate surface area is 123 Å². The summed E-state index contributed by atoms with van der Waals surface area (Å²) in [6, 6.07) is 3.73. The highest BCUT2D eigenvalue weighted by Gasteiger charge is 2.15. The van der Waals surface area contributed by atoms with Crippen LogP contribution in [0.3, 0.4) is 0 Å². The van der Waals surface area contributed by atoms with E-state index in [4.69, 9.17) is 28.9 Å². The fraction of sp³-hybridized carbons (Fsp3) is 0.0833. The van der Waals surface area contributed by atoms with Crippen molar-refractivity contribution in [1.29, 1.82) is 0 Å². The molecule has 0 unspecified atom stereocenters. The lowest BCUT2D eigenvalue weighted by molar-refractivity contribution is 0.103. The third-order valence-electron chi connectivity index (χ3n) is 2.43. The topological polar surface area (TPSA) is 55.1 Å². The van der Waals surface area contributed by atoms with Gasteiger partial charge in [-0.25, -0.2) is 4.39 Å². The summed E-state index contributed by atoms with van der Waals surface area (Å²) in [5.74, 6) is -0.954. The lowest BCUT2D eigenvalue weighted by Gasteiger charge is -2.08. The van der Waals surface area contributed by atoms with E-state index in [0.717, 1.165) is 17.0 Å². The third kappa shape index (κ3) is 3.00. The van der Waals surface area contributed by atoms with Crippen molar-refractivity contribution in [1.82, 2.24) is 0 Å². The van der Waals surface area contributed by atoms with Crippen molar-refractivity contribution in [2.45, 2.75) is 6.92 Å². The van der Waals surface area contributed by atoms with Crippen LogP contribution in [-0.2, 0) is 0 Å². The first-order valence-corrected chi connectivity index (χ1v) is 6.77. The van der Waals surface area contributed by atoms with Crippen LogP contribution in [0.15, 0.2) is 18.2 Å². The number of thiophene rings is 1. The van der Waals surface area contributed by atoms with Gasteiger partial charge in [-0.1, -0.05) is 23.2 Å². The Morgan fingerprint density at radius 3 is 2.37 bits per heavy atom. The maximum Gasteiger partial charge on any atom is 0.265 e. The number of benzene rings is 1. The predicted molar refractivity (Wildman–Crippen MR) is 77.8 cm³/mol. The second-order valence-electron chi connectivity index (χ2n) is 3.82. The van der Waals surface area contributed by atoms with E-state index < -0.39 is 5.82 Å². The molecule has 0 atom stereocenters. The molecule has 0 aliphatic carbocycles. The summed E-state index contributed by atoms with van der Waals surface area (Å²) in [5, 5.41) is 2.63. The molecule has 2 rings (SSSR count). The average Bonchev–Trinajstić information content (AvgIpc) is 2.64. The summed E-state index contributed by atoms with van der Waals surface area (Å²) in [6.07, 6.45) is 0. The molecule has 100 valence electrons. The van der Waals surface area contributed by atoms with Crippen LogP contribution in [-0.4, -0.2) is 5.91 Å². The zero-order valence-corrected chi connectivity index (χ0v) is 12.1. The molecule has 3 N–H and O–H groups in total. The molecule has 1 heterocycles. The molecular formula is C12H9Cl2FN2OS. The van der Waals surface area contributed by atoms with Crippen LogP contribution >= 0.6 is 34.5 Å². The summed E-state index contributed by atoms with van der Waals surface area (Å²) in [7, 11) is 0. The highest BCUT2D eigenvalue weighted by molar-refractivity contribution is 7.14. The van der Waals surface area contributed by atoms with E-state index in [-0.39, 0.29) is 21.6 Å². The number of halogens is 3. The molecule has 1 aromatic carbocycles. The van der Waals surface area contributed by atoms with Crippen molar-refractivity contribution in [2.75, 3.05) is 11.1 Å². The number of carbonyl (C=O) groups is 1. The quantitative estimate of drug-likeness (QED) is 0.865. The van der Waals surface area contributed by atoms with Crippen LogP contribution in [0.25, 0.3) is 0 Å². The molecule has 0 saturated heterocycles. The van der Waals surface area contributed by atoms with Gasteiger partial charge in [0.05, 0.1) is 20.6 Å². The normalized spacial score (nSPS) is 10.5. The van der Waals surface area contributed by atoms with Gasteiger partial charge >= 0.3 is 0 Å². The number of anilines is 2. The fourth-order valence-electron chi connectivity index (χ4n) is 1.44. The van der Waals surface area contributed by atoms with Crippen molar-refractivity contribution in [2.24, 2.45) is 0 Å². The van der Waals surface area contributed by atoms with Gasteiger partial charge in [0.15, 0.2) is 0 Å². The average molecular weight is 319 g/mol. The van der Waals surface area contributed by atoms with E-state index in [1.54, 1.807) is 6.07 Å². The first-order chi connectivity index (χ1) is 8.88. The van der Waals surface area contributed by atoms with Crippen LogP contribution in [0.2, 0.25) is 10.0 Å². The first-order valence-electron chi connectivity index (χ1n) is 5.20. The number of hydrogen-bond acceptors (Lipinski definition) is 3. The van der Waals surface area contributed by atoms with Gasteiger partial charge < -0.3 is 11.1 Å². The number of hydrogen-bond donors (Lipinski definition) is 2. The summed E-state index contributed by atoms with van der Waals surface area (Å²) in [4.78, 5) is 13.3. The van der Waals surface area contributed by atoms with Crippen molar-refractivity contribution in [3.63, 3.8) is 0 Å². The van der Waals surface area contributed by atoms with Crippen molar-refractivity contribution >= 4 is 51.8 Å². The maximum absolute atomic E-state index is 13.0. The Morgan fingerprint density at radius 1 is 1.32 bits per heavy atom. The monoisotopic (exact) mass is 318 g/mol. The number of nitrogens with two attached hydrogens (primary N) is 1. The molecule has 0 bridgehead atoms. The smallest absolute Gasteiger partial charge is 0.265 e. The molecule has 0 aliphatic rings. The summed E-state index contributed by atoms with van der Waals surface area (Å²) >= 11 is 12.9. The van der Waals surface area contributed by atoms with E-state index in [2.05, 4.69) is 5.32 Å². The van der Waals surface area contributed by atoms with E-state index in [9.17, 15) is 9.18 Å². The molecule has 0 aliphatic heterocycles. The lowest BCUT2D eigenvalue weighted by Crippen LogP contribution is -2.11. The van der Waals surface area contributed by atoms with Crippen molar-refractivity contribution in [3.8, 4) is 0 Å². The zero-order valence-electron chi connectivity index (χ0n) is 9.76. The lowest BCUT2D eigenvalue weighted by atomic mass is 10.3. The van der Waals surface area contributed by atoms with E-state index in [1.165, 1.54) is 11.3 Å². The summed E-state index contributed by atoms with van der Waals surface area (Å²) < 4.78 is 13.0. The molecule has 0 fully saturated rings. The SMILES string of the molecule is Cc1sc(C(=O)Nc2c(Cl)cc(F)cc2Cl)cc1N. The van der Waals surface area contributed by atoms with Gasteiger partial charge in [0.1, 0.15) is 5.82 Å². The van der Waals surface area contributed by atoms with Gasteiger partial charge in [-0.2, -0.15) is 0 Å². The van der Waals surface area contributed by atoms with Gasteiger partial charge in [-0.15, -0.1) is 11.3 Å². The summed E-state index contributed by atoms with van der Waals surface area (Å²) in [5.41, 5.74) is 6.41. The van der Waals surface area contributed by atoms with E-state index in [1.807, 2.05) is 6.92 Å². The molecule has 2 aromatic rings. The fourth-order valence-corrected chi connectivity index (χ4v) is 2.84. The Balaban J connectivity index is 2.29. The van der Waals surface area contributed by atoms with Crippen molar-refractivity contribution in [3.05, 3.63) is 43.8 Å². The van der Waals surface area contributed by atoms with E-state index in [0.29, 0.717) is 10.6 Å². The number of nitrogens with one attached hydrogen (secondary N) is 1. The Bertz CT molecular complexity index is 615. The Hall–Kier alpha value is -1.30. The highest BCUT2D eigenvalue weighted by Crippen LogP contribution is 2.32. The molecule has 19 heavy (non-hydrogen) atoms. The van der Waals surface area contributed by atoms with Gasteiger partial charge in [0.2, 0.25) is 0 Å². The van der Waals surface area contributed by atoms with Crippen LogP contribution in [0.4, 0.5) is 15.8 Å². The number of amides is 1. The maximum atomic E-state index is 13.0. The molecule has 0 radical (unpaired) electrons. The molecule has 0 saturated carbocycles. The molecule has 3 nitrogen and oxygen atoms in total. The molecule has 0 spiro atoms. The molecular weight excluding hydrogens is 310 g/mol. The molecule has 1 aromatic heterocycles. The second kappa shape index (κ2) is 5.36. The largest absolute Gasteiger partial charge is 0.398 e. The first kappa shape index (κ1) is 14.1. The summed E-state index contributed by atoms with van der Waals surface area (Å²) in [6.45, 7) is 1.81. The minimum atomic E-state index is -0.566. The van der Waals surface area contributed by atoms with Crippen LogP contribution < -0.4 is 11.1 Å². The van der Waals surface area contributed by atoms with Crippen molar-refractivity contribution < 1.29 is 9.18 Å². The number of aryl methyl sites for hydroxylation is 1. The van der Waals surface area contributed by atoms with Crippen LogP contribution in [0.1, 0.15) is 14.5 Å². The zero-order chi connectivity index (χ0) is 14.2. The predicted octanol–water partition coefficient (Wildman–Crippen LogP) is 4.34. The molecule has 1 amide bonds. The standard InChI is InChI=1S/C12H9Cl2FN2OS/c1-5-9(16)4-10(19-5)12(18)17-11-7(13)2-6(15)3-8(11)14/h2-4H,16H2,1H3,(H,17,18). The number of carbonyl (C=O) groups excluding carboxylic acids is 1. The van der Waals surface area contributed by atoms with Crippen LogP contribution in [0, 0.1) is 12.7 Å². The number of nitrogen functional groups attached to an aromatic ring is 1. The third-order valence-corrected chi connectivity index (χ3v) is 4.09. The van der Waals surface area contributed by atoms with Gasteiger partial charge in [0, 0.05) is 10.6 Å². The molecule has 7 heteroatoms. The van der Waals surface area contributed by atoms with E-state index >= 15 is 0 Å². The van der Waals surface area contributed by atoms with Crippen LogP contribution in [0.5, 0.6) is 0 Å². The van der Waals surface area contributed by atoms with Gasteiger partial charge in [0.25, 0.3) is 5.91 Å². The van der Waals surface area contributed by atoms with Gasteiger partial charge in [-0.05, 0) is 25.1 Å². The Morgan fingerprint density at radius 2 is 1.89 bits per heavy atom. The number of rotatable bonds is 2. The minimum absolute atomic E-state index is 0.0413. The highest BCUT2D eigenvalue weighted by atomic mass is 35.5. The second-order valence-corrected chi connectivity index (χ2v) is 5.89. The Kier molecular flexibility index (Phi) is 3.99. The minimum Gasteiger partial charge on any atom is -0.398 e. The van der Waals surface area contributed by atoms with Gasteiger partial charge in [-0.3, -0.25) is 4.79 Å².